The number of carbonyl (C=O) groups is 3. The summed E-state index contributed by atoms with van der Waals surface area (Å²) in [6.07, 6.45) is 3.07. The second kappa shape index (κ2) is 13.7. The Labute approximate surface area is 282 Å². The number of carbonyl (C=O) groups excluding carboxylic acids is 3. The largest absolute Gasteiger partial charge is 0.361 e. The average Bonchev–Trinajstić information content (AvgIpc) is 3.59. The van der Waals surface area contributed by atoms with E-state index in [1.165, 1.54) is 23.9 Å². The molecule has 240 valence electrons. The molecule has 7 nitrogen and oxygen atoms in total. The molecule has 6 rings (SSSR count). The summed E-state index contributed by atoms with van der Waals surface area (Å²) in [5.74, 6) is -0.309. The number of aromatic amines is 1. The minimum Gasteiger partial charge on any atom is -0.361 e. The van der Waals surface area contributed by atoms with Gasteiger partial charge < -0.3 is 19.7 Å². The summed E-state index contributed by atoms with van der Waals surface area (Å²) in [4.78, 5) is 50.5. The second-order valence-corrected chi connectivity index (χ2v) is 14.0. The van der Waals surface area contributed by atoms with Gasteiger partial charge in [-0.25, -0.2) is 4.39 Å². The van der Waals surface area contributed by atoms with Crippen molar-refractivity contribution < 1.29 is 18.8 Å². The third-order valence-corrected chi connectivity index (χ3v) is 11.0. The van der Waals surface area contributed by atoms with Gasteiger partial charge in [-0.3, -0.25) is 14.4 Å². The Morgan fingerprint density at radius 3 is 2.43 bits per heavy atom. The fourth-order valence-corrected chi connectivity index (χ4v) is 8.36. The van der Waals surface area contributed by atoms with E-state index < -0.39 is 16.6 Å². The monoisotopic (exact) mass is 680 g/mol. The van der Waals surface area contributed by atoms with Gasteiger partial charge in [0.25, 0.3) is 0 Å². The van der Waals surface area contributed by atoms with Gasteiger partial charge in [-0.1, -0.05) is 72.6 Å². The van der Waals surface area contributed by atoms with Gasteiger partial charge in [0.15, 0.2) is 0 Å². The van der Waals surface area contributed by atoms with Gasteiger partial charge >= 0.3 is 0 Å². The lowest BCUT2D eigenvalue weighted by Crippen LogP contribution is -2.57. The Hall–Kier alpha value is -3.53. The Kier molecular flexibility index (Phi) is 9.64. The first kappa shape index (κ1) is 32.4. The molecule has 2 saturated heterocycles. The van der Waals surface area contributed by atoms with Gasteiger partial charge in [0.1, 0.15) is 10.6 Å². The lowest BCUT2D eigenvalue weighted by Gasteiger charge is -2.42. The Morgan fingerprint density at radius 1 is 0.978 bits per heavy atom. The number of piperazine rings is 1. The van der Waals surface area contributed by atoms with Crippen molar-refractivity contribution in [2.45, 2.75) is 49.3 Å². The van der Waals surface area contributed by atoms with Crippen molar-refractivity contribution >= 4 is 63.6 Å². The zero-order valence-electron chi connectivity index (χ0n) is 25.5. The van der Waals surface area contributed by atoms with Crippen molar-refractivity contribution in [3.63, 3.8) is 0 Å². The van der Waals surface area contributed by atoms with E-state index in [1.807, 2.05) is 65.4 Å². The molecule has 1 aromatic heterocycles. The summed E-state index contributed by atoms with van der Waals surface area (Å²) in [5, 5.41) is 1.41. The van der Waals surface area contributed by atoms with Gasteiger partial charge in [-0.2, -0.15) is 0 Å². The molecule has 2 fully saturated rings. The summed E-state index contributed by atoms with van der Waals surface area (Å²) in [6, 6.07) is 19.2. The van der Waals surface area contributed by atoms with E-state index in [9.17, 15) is 18.8 Å². The molecule has 0 unspecified atom stereocenters. The van der Waals surface area contributed by atoms with Crippen LogP contribution in [0.1, 0.15) is 48.9 Å². The van der Waals surface area contributed by atoms with E-state index in [0.717, 1.165) is 28.5 Å². The molecule has 1 N–H and O–H groups in total. The number of benzene rings is 3. The number of amides is 3. The number of nitrogens with one attached hydrogen (secondary N) is 1. The van der Waals surface area contributed by atoms with Crippen molar-refractivity contribution in [3.8, 4) is 0 Å². The molecule has 0 saturated carbocycles. The number of aromatic nitrogens is 1. The number of nitrogens with zero attached hydrogens (tertiary/aromatic N) is 3. The smallest absolute Gasteiger partial charge is 0.241 e. The Balaban J connectivity index is 1.44. The Bertz CT molecular complexity index is 1760. The van der Waals surface area contributed by atoms with E-state index in [4.69, 9.17) is 23.2 Å². The van der Waals surface area contributed by atoms with Crippen LogP contribution in [0.4, 0.5) is 4.39 Å². The average molecular weight is 682 g/mol. The Morgan fingerprint density at radius 2 is 1.72 bits per heavy atom. The highest BCUT2D eigenvalue weighted by Gasteiger charge is 2.59. The van der Waals surface area contributed by atoms with Gasteiger partial charge in [-0.05, 0) is 41.8 Å². The van der Waals surface area contributed by atoms with Crippen molar-refractivity contribution in [3.05, 3.63) is 105 Å². The zero-order chi connectivity index (χ0) is 32.4. The summed E-state index contributed by atoms with van der Waals surface area (Å²) in [6.45, 7) is 3.73. The van der Waals surface area contributed by atoms with Gasteiger partial charge in [-0.15, -0.1) is 11.8 Å². The molecule has 0 aliphatic carbocycles. The molecule has 0 bridgehead atoms. The maximum Gasteiger partial charge on any atom is 0.241 e. The third kappa shape index (κ3) is 6.37. The topological polar surface area (TPSA) is 76.7 Å². The quantitative estimate of drug-likeness (QED) is 0.202. The van der Waals surface area contributed by atoms with Crippen molar-refractivity contribution in [2.75, 3.05) is 26.2 Å². The molecule has 11 heteroatoms. The van der Waals surface area contributed by atoms with E-state index in [0.29, 0.717) is 48.9 Å². The fraction of sp³-hybridized carbons (Fsp3) is 0.343. The molecular weight excluding hydrogens is 646 g/mol. The van der Waals surface area contributed by atoms with E-state index in [2.05, 4.69) is 4.98 Å². The summed E-state index contributed by atoms with van der Waals surface area (Å²) in [7, 11) is 0. The van der Waals surface area contributed by atoms with Crippen molar-refractivity contribution in [2.24, 2.45) is 0 Å². The number of hydrogen-bond acceptors (Lipinski definition) is 4. The van der Waals surface area contributed by atoms with Crippen LogP contribution in [0.2, 0.25) is 10.0 Å². The highest BCUT2D eigenvalue weighted by atomic mass is 35.5. The number of fused-ring (bicyclic) bond motifs is 1. The minimum atomic E-state index is -1.21. The van der Waals surface area contributed by atoms with Crippen LogP contribution in [-0.4, -0.2) is 68.3 Å². The number of halogens is 3. The van der Waals surface area contributed by atoms with Crippen LogP contribution in [0.25, 0.3) is 10.9 Å². The first-order chi connectivity index (χ1) is 22.2. The van der Waals surface area contributed by atoms with E-state index >= 15 is 0 Å². The zero-order valence-corrected chi connectivity index (χ0v) is 27.8. The van der Waals surface area contributed by atoms with Crippen LogP contribution in [0.3, 0.4) is 0 Å². The third-order valence-electron chi connectivity index (χ3n) is 8.88. The predicted molar refractivity (Wildman–Crippen MR) is 181 cm³/mol. The van der Waals surface area contributed by atoms with Gasteiger partial charge in [0.05, 0.1) is 17.5 Å². The molecule has 3 amide bonds. The number of H-pyrrole nitrogens is 1. The molecule has 2 aliphatic rings. The fourth-order valence-electron chi connectivity index (χ4n) is 6.57. The number of thioether (sulfide) groups is 1. The van der Waals surface area contributed by atoms with Crippen LogP contribution in [0.5, 0.6) is 0 Å². The molecule has 3 aromatic carbocycles. The first-order valence-corrected chi connectivity index (χ1v) is 17.2. The normalized spacial score (nSPS) is 20.1. The van der Waals surface area contributed by atoms with Crippen molar-refractivity contribution in [1.29, 1.82) is 0 Å². The molecular formula is C35H35Cl2FN4O3S. The van der Waals surface area contributed by atoms with Crippen LogP contribution < -0.4 is 0 Å². The maximum absolute atomic E-state index is 15.0. The molecule has 2 atom stereocenters. The second-order valence-electron chi connectivity index (χ2n) is 11.9. The minimum absolute atomic E-state index is 0.000979. The van der Waals surface area contributed by atoms with Crippen LogP contribution in [0.15, 0.2) is 72.9 Å². The van der Waals surface area contributed by atoms with E-state index in [-0.39, 0.29) is 35.7 Å². The molecule has 0 radical (unpaired) electrons. The number of likely N-dealkylation sites (tertiary alicyclic amines) is 1. The number of rotatable bonds is 9. The summed E-state index contributed by atoms with van der Waals surface area (Å²) in [5.41, 5.74) is 3.18. The van der Waals surface area contributed by atoms with Gasteiger partial charge in [0.2, 0.25) is 17.7 Å². The van der Waals surface area contributed by atoms with Crippen LogP contribution in [-0.2, 0) is 26.7 Å². The lowest BCUT2D eigenvalue weighted by atomic mass is 9.90. The maximum atomic E-state index is 15.0. The molecule has 0 spiro atoms. The predicted octanol–water partition coefficient (Wildman–Crippen LogP) is 7.23. The van der Waals surface area contributed by atoms with Gasteiger partial charge in [0, 0.05) is 72.6 Å². The molecule has 4 aromatic rings. The van der Waals surface area contributed by atoms with E-state index in [1.54, 1.807) is 17.0 Å². The first-order valence-electron chi connectivity index (χ1n) is 15.4. The molecule has 3 heterocycles. The van der Waals surface area contributed by atoms with Crippen LogP contribution >= 0.6 is 35.0 Å². The standard InChI is InChI=1S/C35H35Cl2FN4O3S/c1-2-6-31(43)40-13-15-41(16-14-40)34(45)35(46-22-23-7-4-3-5-8-23)19-32(44)42(21-24-9-12-28(37)29(38)17-24)33(35)27-20-39-30-18-25(36)10-11-26(27)30/h3-5,7-12,17-18,20,33,39H,2,6,13-16,19,21-22H2,1H3/t33-,35-/m0/s1. The highest BCUT2D eigenvalue weighted by Crippen LogP contribution is 2.54. The summed E-state index contributed by atoms with van der Waals surface area (Å²) < 4.78 is 13.4. The summed E-state index contributed by atoms with van der Waals surface area (Å²) >= 11 is 13.8. The SMILES string of the molecule is CCCC(=O)N1CCN(C(=O)[C@]2(SCc3ccccc3)CC(=O)N(Cc3ccc(Cl)c(F)c3)[C@H]2c2c[nH]c3cc(Cl)ccc23)CC1. The van der Waals surface area contributed by atoms with Crippen molar-refractivity contribution in [1.82, 2.24) is 19.7 Å². The molecule has 2 aliphatic heterocycles. The molecule has 46 heavy (non-hydrogen) atoms. The number of hydrogen-bond donors (Lipinski definition) is 1. The lowest BCUT2D eigenvalue weighted by molar-refractivity contribution is -0.141. The van der Waals surface area contributed by atoms with Crippen LogP contribution in [0, 0.1) is 5.82 Å². The highest BCUT2D eigenvalue weighted by molar-refractivity contribution is 8.00.